The molecule has 1 aromatic carbocycles. The molecule has 0 radical (unpaired) electrons. The van der Waals surface area contributed by atoms with Crippen LogP contribution in [0.25, 0.3) is 22.4 Å². The lowest BCUT2D eigenvalue weighted by atomic mass is 10.0. The van der Waals surface area contributed by atoms with Crippen molar-refractivity contribution in [2.45, 2.75) is 13.0 Å². The van der Waals surface area contributed by atoms with Gasteiger partial charge in [-0.25, -0.2) is 4.39 Å². The maximum Gasteiger partial charge on any atom is 0.159 e. The van der Waals surface area contributed by atoms with Gasteiger partial charge in [0.15, 0.2) is 5.82 Å². The number of halogens is 1. The Labute approximate surface area is 145 Å². The van der Waals surface area contributed by atoms with Gasteiger partial charge < -0.3 is 10.2 Å². The van der Waals surface area contributed by atoms with Gasteiger partial charge in [-0.3, -0.25) is 10.1 Å². The summed E-state index contributed by atoms with van der Waals surface area (Å²) < 4.78 is 13.3. The normalized spacial score (nSPS) is 17.7. The molecule has 2 aromatic heterocycles. The van der Waals surface area contributed by atoms with Gasteiger partial charge in [-0.15, -0.1) is 0 Å². The molecule has 6 heteroatoms. The molecular weight excluding hydrogens is 317 g/mol. The van der Waals surface area contributed by atoms with Gasteiger partial charge in [0.2, 0.25) is 0 Å². The summed E-state index contributed by atoms with van der Waals surface area (Å²) in [6.45, 7) is 4.89. The molecule has 3 heterocycles. The van der Waals surface area contributed by atoms with E-state index in [1.807, 2.05) is 12.1 Å². The monoisotopic (exact) mass is 337 g/mol. The number of pyridine rings is 1. The summed E-state index contributed by atoms with van der Waals surface area (Å²) in [5.41, 5.74) is 3.88. The number of nitrogens with one attached hydrogen (secondary N) is 2. The van der Waals surface area contributed by atoms with Crippen LogP contribution in [0, 0.1) is 5.82 Å². The molecule has 1 fully saturated rings. The molecule has 0 bridgehead atoms. The van der Waals surface area contributed by atoms with Crippen molar-refractivity contribution in [1.29, 1.82) is 0 Å². The predicted octanol–water partition coefficient (Wildman–Crippen LogP) is 3.08. The standard InChI is InChI=1S/C19H20FN5/c1-13-12-25(11-10-22-13)19-17(14-6-8-21-9-7-14)18(23-24-19)15-2-4-16(20)5-3-15/h2-9,13,22H,10-12H2,1H3,(H,23,24). The largest absolute Gasteiger partial charge is 0.352 e. The van der Waals surface area contributed by atoms with E-state index in [2.05, 4.69) is 32.3 Å². The summed E-state index contributed by atoms with van der Waals surface area (Å²) >= 11 is 0. The van der Waals surface area contributed by atoms with Gasteiger partial charge in [0.25, 0.3) is 0 Å². The third kappa shape index (κ3) is 3.13. The molecule has 1 saturated heterocycles. The van der Waals surface area contributed by atoms with Gasteiger partial charge in [-0.1, -0.05) is 0 Å². The van der Waals surface area contributed by atoms with E-state index in [0.717, 1.165) is 47.8 Å². The van der Waals surface area contributed by atoms with Crippen molar-refractivity contribution >= 4 is 5.82 Å². The minimum absolute atomic E-state index is 0.245. The summed E-state index contributed by atoms with van der Waals surface area (Å²) in [6.07, 6.45) is 3.56. The Morgan fingerprint density at radius 1 is 1.08 bits per heavy atom. The Bertz CT molecular complexity index is 844. The van der Waals surface area contributed by atoms with Crippen molar-refractivity contribution in [3.63, 3.8) is 0 Å². The van der Waals surface area contributed by atoms with Gasteiger partial charge in [0, 0.05) is 43.6 Å². The Hall–Kier alpha value is -2.73. The summed E-state index contributed by atoms with van der Waals surface area (Å²) in [7, 11) is 0. The minimum atomic E-state index is -0.245. The third-order valence-electron chi connectivity index (χ3n) is 4.52. The van der Waals surface area contributed by atoms with Crippen LogP contribution in [0.1, 0.15) is 6.92 Å². The van der Waals surface area contributed by atoms with Crippen molar-refractivity contribution in [2.24, 2.45) is 0 Å². The number of hydrogen-bond acceptors (Lipinski definition) is 4. The lowest BCUT2D eigenvalue weighted by molar-refractivity contribution is 0.482. The van der Waals surface area contributed by atoms with Crippen molar-refractivity contribution in [3.8, 4) is 22.4 Å². The zero-order chi connectivity index (χ0) is 17.2. The van der Waals surface area contributed by atoms with E-state index in [1.165, 1.54) is 12.1 Å². The van der Waals surface area contributed by atoms with E-state index in [1.54, 1.807) is 24.5 Å². The molecular formula is C19H20FN5. The molecule has 1 unspecified atom stereocenters. The average molecular weight is 337 g/mol. The van der Waals surface area contributed by atoms with E-state index in [0.29, 0.717) is 6.04 Å². The molecule has 5 nitrogen and oxygen atoms in total. The zero-order valence-electron chi connectivity index (χ0n) is 14.0. The summed E-state index contributed by atoms with van der Waals surface area (Å²) in [6, 6.07) is 10.9. The second-order valence-electron chi connectivity index (χ2n) is 6.34. The van der Waals surface area contributed by atoms with E-state index >= 15 is 0 Å². The summed E-state index contributed by atoms with van der Waals surface area (Å²) in [5, 5.41) is 11.2. The highest BCUT2D eigenvalue weighted by Crippen LogP contribution is 2.37. The van der Waals surface area contributed by atoms with Gasteiger partial charge in [-0.05, 0) is 48.9 Å². The third-order valence-corrected chi connectivity index (χ3v) is 4.52. The van der Waals surface area contributed by atoms with E-state index in [9.17, 15) is 4.39 Å². The van der Waals surface area contributed by atoms with Gasteiger partial charge in [-0.2, -0.15) is 5.10 Å². The van der Waals surface area contributed by atoms with Crippen LogP contribution in [0.15, 0.2) is 48.8 Å². The zero-order valence-corrected chi connectivity index (χ0v) is 14.0. The Morgan fingerprint density at radius 3 is 2.56 bits per heavy atom. The second-order valence-corrected chi connectivity index (χ2v) is 6.34. The topological polar surface area (TPSA) is 56.8 Å². The van der Waals surface area contributed by atoms with Crippen LogP contribution in [-0.4, -0.2) is 40.9 Å². The fourth-order valence-electron chi connectivity index (χ4n) is 3.30. The van der Waals surface area contributed by atoms with Crippen molar-refractivity contribution in [3.05, 3.63) is 54.6 Å². The molecule has 1 aliphatic rings. The van der Waals surface area contributed by atoms with Crippen LogP contribution in [0.2, 0.25) is 0 Å². The first-order chi connectivity index (χ1) is 12.2. The van der Waals surface area contributed by atoms with Crippen molar-refractivity contribution in [2.75, 3.05) is 24.5 Å². The molecule has 4 rings (SSSR count). The van der Waals surface area contributed by atoms with Crippen LogP contribution in [0.5, 0.6) is 0 Å². The van der Waals surface area contributed by atoms with Gasteiger partial charge in [0.05, 0.1) is 11.3 Å². The molecule has 1 atom stereocenters. The predicted molar refractivity (Wildman–Crippen MR) is 96.9 cm³/mol. The molecule has 0 aliphatic carbocycles. The lowest BCUT2D eigenvalue weighted by Crippen LogP contribution is -2.49. The smallest absolute Gasteiger partial charge is 0.159 e. The number of hydrogen-bond donors (Lipinski definition) is 2. The Kier molecular flexibility index (Phi) is 4.19. The molecule has 0 amide bonds. The van der Waals surface area contributed by atoms with E-state index < -0.39 is 0 Å². The number of aromatic nitrogens is 3. The summed E-state index contributed by atoms with van der Waals surface area (Å²) in [5.74, 6) is 0.684. The Balaban J connectivity index is 1.83. The molecule has 0 spiro atoms. The van der Waals surface area contributed by atoms with Crippen LogP contribution < -0.4 is 10.2 Å². The first-order valence-electron chi connectivity index (χ1n) is 8.45. The SMILES string of the molecule is CC1CN(c2n[nH]c(-c3ccc(F)cc3)c2-c2ccncc2)CCN1. The molecule has 2 N–H and O–H groups in total. The van der Waals surface area contributed by atoms with E-state index in [-0.39, 0.29) is 5.82 Å². The number of rotatable bonds is 3. The number of nitrogens with zero attached hydrogens (tertiary/aromatic N) is 3. The molecule has 25 heavy (non-hydrogen) atoms. The van der Waals surface area contributed by atoms with Crippen molar-refractivity contribution < 1.29 is 4.39 Å². The fraction of sp³-hybridized carbons (Fsp3) is 0.263. The maximum atomic E-state index is 13.3. The molecule has 3 aromatic rings. The maximum absolute atomic E-state index is 13.3. The number of piperazine rings is 1. The van der Waals surface area contributed by atoms with Gasteiger partial charge >= 0.3 is 0 Å². The number of H-pyrrole nitrogens is 1. The quantitative estimate of drug-likeness (QED) is 0.771. The number of benzene rings is 1. The second kappa shape index (κ2) is 6.64. The summed E-state index contributed by atoms with van der Waals surface area (Å²) in [4.78, 5) is 6.41. The van der Waals surface area contributed by atoms with Crippen molar-refractivity contribution in [1.82, 2.24) is 20.5 Å². The van der Waals surface area contributed by atoms with Crippen LogP contribution in [0.3, 0.4) is 0 Å². The number of anilines is 1. The fourth-order valence-corrected chi connectivity index (χ4v) is 3.30. The highest BCUT2D eigenvalue weighted by molar-refractivity contribution is 5.89. The van der Waals surface area contributed by atoms with Crippen LogP contribution >= 0.6 is 0 Å². The van der Waals surface area contributed by atoms with E-state index in [4.69, 9.17) is 0 Å². The highest BCUT2D eigenvalue weighted by Gasteiger charge is 2.24. The van der Waals surface area contributed by atoms with Crippen LogP contribution in [-0.2, 0) is 0 Å². The van der Waals surface area contributed by atoms with Gasteiger partial charge in [0.1, 0.15) is 5.82 Å². The first-order valence-corrected chi connectivity index (χ1v) is 8.45. The molecule has 128 valence electrons. The minimum Gasteiger partial charge on any atom is -0.352 e. The molecule has 0 saturated carbocycles. The lowest BCUT2D eigenvalue weighted by Gasteiger charge is -2.32. The average Bonchev–Trinajstić information content (AvgIpc) is 3.08. The highest BCUT2D eigenvalue weighted by atomic mass is 19.1. The Morgan fingerprint density at radius 2 is 1.84 bits per heavy atom. The van der Waals surface area contributed by atoms with Crippen LogP contribution in [0.4, 0.5) is 10.2 Å². The molecule has 1 aliphatic heterocycles. The first kappa shape index (κ1) is 15.8. The number of aromatic amines is 1.